The van der Waals surface area contributed by atoms with Crippen molar-refractivity contribution in [3.8, 4) is 5.75 Å². The molecule has 27 heavy (non-hydrogen) atoms. The van der Waals surface area contributed by atoms with Crippen LogP contribution in [0.25, 0.3) is 0 Å². The zero-order valence-corrected chi connectivity index (χ0v) is 14.0. The van der Waals surface area contributed by atoms with Gasteiger partial charge >= 0.3 is 11.8 Å². The number of benzene rings is 1. The van der Waals surface area contributed by atoms with Crippen molar-refractivity contribution in [2.75, 3.05) is 6.61 Å². The number of rotatable bonds is 9. The molecule has 0 bridgehead atoms. The van der Waals surface area contributed by atoms with Gasteiger partial charge in [0.05, 0.1) is 30.3 Å². The van der Waals surface area contributed by atoms with Crippen molar-refractivity contribution in [3.63, 3.8) is 0 Å². The Morgan fingerprint density at radius 1 is 1.22 bits per heavy atom. The molecule has 0 radical (unpaired) electrons. The Hall–Kier alpha value is -3.96. The van der Waals surface area contributed by atoms with E-state index in [9.17, 15) is 19.7 Å². The molecule has 12 nitrogen and oxygen atoms in total. The number of carbonyl (C=O) groups is 2. The lowest BCUT2D eigenvalue weighted by Crippen LogP contribution is -2.20. The standard InChI is InChI=1S/C15H16N6O6/c16-12(22)9-26-11-3-1-10(2-4-11)15(17)19-27-14(23)6-8-20-7-5-13(18-20)21(24)25/h1-5,7H,6,8-9H2,(H2,16,22)(H2,17,19). The largest absolute Gasteiger partial charge is 0.484 e. The number of oxime groups is 1. The number of nitrogens with zero attached hydrogens (tertiary/aromatic N) is 4. The van der Waals surface area contributed by atoms with Crippen LogP contribution in [0.5, 0.6) is 5.75 Å². The molecule has 0 fully saturated rings. The van der Waals surface area contributed by atoms with E-state index >= 15 is 0 Å². The number of nitro groups is 1. The van der Waals surface area contributed by atoms with Crippen molar-refractivity contribution >= 4 is 23.5 Å². The van der Waals surface area contributed by atoms with Gasteiger partial charge in [0.2, 0.25) is 0 Å². The summed E-state index contributed by atoms with van der Waals surface area (Å²) in [6.07, 6.45) is 1.28. The third-order valence-electron chi connectivity index (χ3n) is 3.14. The van der Waals surface area contributed by atoms with Crippen molar-refractivity contribution in [1.29, 1.82) is 0 Å². The number of amides is 1. The van der Waals surface area contributed by atoms with Crippen LogP contribution in [0, 0.1) is 10.1 Å². The zero-order chi connectivity index (χ0) is 19.8. The van der Waals surface area contributed by atoms with Crippen molar-refractivity contribution in [1.82, 2.24) is 9.78 Å². The van der Waals surface area contributed by atoms with Crippen LogP contribution < -0.4 is 16.2 Å². The number of primary amides is 1. The van der Waals surface area contributed by atoms with Crippen molar-refractivity contribution < 1.29 is 24.1 Å². The van der Waals surface area contributed by atoms with Gasteiger partial charge in [0.1, 0.15) is 5.75 Å². The van der Waals surface area contributed by atoms with Crippen LogP contribution in [-0.4, -0.2) is 39.0 Å². The quantitative estimate of drug-likeness (QED) is 0.200. The Morgan fingerprint density at radius 2 is 1.93 bits per heavy atom. The van der Waals surface area contributed by atoms with Crippen LogP contribution in [0.1, 0.15) is 12.0 Å². The smallest absolute Gasteiger partial charge is 0.389 e. The fourth-order valence-corrected chi connectivity index (χ4v) is 1.85. The highest BCUT2D eigenvalue weighted by atomic mass is 16.7. The van der Waals surface area contributed by atoms with E-state index in [2.05, 4.69) is 10.3 Å². The number of hydrogen-bond donors (Lipinski definition) is 2. The second-order valence-corrected chi connectivity index (χ2v) is 5.16. The van der Waals surface area contributed by atoms with Gasteiger partial charge in [-0.1, -0.05) is 5.16 Å². The fraction of sp³-hybridized carbons (Fsp3) is 0.200. The fourth-order valence-electron chi connectivity index (χ4n) is 1.85. The molecule has 1 aromatic carbocycles. The summed E-state index contributed by atoms with van der Waals surface area (Å²) in [5.74, 6) is -1.22. The summed E-state index contributed by atoms with van der Waals surface area (Å²) in [5.41, 5.74) is 11.2. The van der Waals surface area contributed by atoms with Crippen molar-refractivity contribution in [2.45, 2.75) is 13.0 Å². The molecule has 0 spiro atoms. The van der Waals surface area contributed by atoms with Gasteiger partial charge in [-0.25, -0.2) is 4.79 Å². The Kier molecular flexibility index (Phi) is 6.41. The SMILES string of the molecule is NC(=O)COc1ccc(/C(N)=N/OC(=O)CCn2ccc([N+](=O)[O-])n2)cc1. The molecule has 4 N–H and O–H groups in total. The molecule has 12 heteroatoms. The number of hydrogen-bond acceptors (Lipinski definition) is 8. The van der Waals surface area contributed by atoms with E-state index in [-0.39, 0.29) is 31.2 Å². The third-order valence-corrected chi connectivity index (χ3v) is 3.14. The third kappa shape index (κ3) is 6.12. The summed E-state index contributed by atoms with van der Waals surface area (Å²) in [4.78, 5) is 36.9. The molecule has 0 aliphatic carbocycles. The number of aryl methyl sites for hydroxylation is 1. The maximum Gasteiger partial charge on any atom is 0.389 e. The highest BCUT2D eigenvalue weighted by Gasteiger charge is 2.12. The zero-order valence-electron chi connectivity index (χ0n) is 14.0. The first-order valence-corrected chi connectivity index (χ1v) is 7.58. The van der Waals surface area contributed by atoms with Gasteiger partial charge in [0.15, 0.2) is 12.4 Å². The first kappa shape index (κ1) is 19.4. The van der Waals surface area contributed by atoms with Crippen LogP contribution in [0.4, 0.5) is 5.82 Å². The number of carbonyl (C=O) groups excluding carboxylic acids is 2. The van der Waals surface area contributed by atoms with Crippen LogP contribution in [0.15, 0.2) is 41.7 Å². The Labute approximate surface area is 152 Å². The predicted molar refractivity (Wildman–Crippen MR) is 91.4 cm³/mol. The molecule has 0 atom stereocenters. The van der Waals surface area contributed by atoms with E-state index in [1.165, 1.54) is 16.9 Å². The molecule has 0 aliphatic rings. The molecular formula is C15H16N6O6. The summed E-state index contributed by atoms with van der Waals surface area (Å²) in [6.45, 7) is -0.159. The van der Waals surface area contributed by atoms with E-state index < -0.39 is 16.8 Å². The van der Waals surface area contributed by atoms with E-state index in [0.29, 0.717) is 11.3 Å². The first-order chi connectivity index (χ1) is 12.8. The number of ether oxygens (including phenoxy) is 1. The molecule has 0 saturated heterocycles. The Balaban J connectivity index is 1.83. The van der Waals surface area contributed by atoms with Gasteiger partial charge < -0.3 is 31.2 Å². The monoisotopic (exact) mass is 376 g/mol. The van der Waals surface area contributed by atoms with Crippen LogP contribution in [0.3, 0.4) is 0 Å². The van der Waals surface area contributed by atoms with Gasteiger partial charge in [0.25, 0.3) is 5.91 Å². The average molecular weight is 376 g/mol. The molecule has 2 rings (SSSR count). The van der Waals surface area contributed by atoms with Gasteiger partial charge in [0, 0.05) is 5.56 Å². The Morgan fingerprint density at radius 3 is 2.52 bits per heavy atom. The summed E-state index contributed by atoms with van der Waals surface area (Å²) in [5, 5.41) is 17.7. The maximum absolute atomic E-state index is 11.7. The molecule has 0 aliphatic heterocycles. The van der Waals surface area contributed by atoms with E-state index in [1.54, 1.807) is 24.3 Å². The molecule has 0 saturated carbocycles. The second kappa shape index (κ2) is 8.94. The summed E-state index contributed by atoms with van der Waals surface area (Å²) in [6, 6.07) is 7.44. The van der Waals surface area contributed by atoms with Gasteiger partial charge in [-0.3, -0.25) is 4.79 Å². The number of amidine groups is 1. The van der Waals surface area contributed by atoms with Gasteiger partial charge in [-0.05, 0) is 29.2 Å². The molecule has 142 valence electrons. The van der Waals surface area contributed by atoms with Gasteiger partial charge in [-0.15, -0.1) is 0 Å². The Bertz CT molecular complexity index is 860. The number of nitrogens with two attached hydrogens (primary N) is 2. The molecule has 1 heterocycles. The topological polar surface area (TPSA) is 178 Å². The molecule has 1 aromatic heterocycles. The summed E-state index contributed by atoms with van der Waals surface area (Å²) < 4.78 is 6.35. The van der Waals surface area contributed by atoms with Crippen LogP contribution in [0.2, 0.25) is 0 Å². The van der Waals surface area contributed by atoms with Crippen molar-refractivity contribution in [2.24, 2.45) is 16.6 Å². The normalized spacial score (nSPS) is 11.0. The minimum absolute atomic E-state index is 0.0421. The van der Waals surface area contributed by atoms with E-state index in [0.717, 1.165) is 0 Å². The minimum Gasteiger partial charge on any atom is -0.484 e. The van der Waals surface area contributed by atoms with E-state index in [4.69, 9.17) is 21.0 Å². The lowest BCUT2D eigenvalue weighted by molar-refractivity contribution is -0.389. The summed E-state index contributed by atoms with van der Waals surface area (Å²) in [7, 11) is 0. The molecule has 1 amide bonds. The number of aromatic nitrogens is 2. The van der Waals surface area contributed by atoms with Crippen LogP contribution in [-0.2, 0) is 21.0 Å². The summed E-state index contributed by atoms with van der Waals surface area (Å²) >= 11 is 0. The van der Waals surface area contributed by atoms with Crippen LogP contribution >= 0.6 is 0 Å². The average Bonchev–Trinajstić information content (AvgIpc) is 3.12. The maximum atomic E-state index is 11.7. The molecular weight excluding hydrogens is 360 g/mol. The van der Waals surface area contributed by atoms with E-state index in [1.807, 2.05) is 0 Å². The minimum atomic E-state index is -0.683. The lowest BCUT2D eigenvalue weighted by Gasteiger charge is -2.05. The van der Waals surface area contributed by atoms with Gasteiger partial charge in [-0.2, -0.15) is 4.68 Å². The lowest BCUT2D eigenvalue weighted by atomic mass is 10.2. The highest BCUT2D eigenvalue weighted by molar-refractivity contribution is 5.97. The van der Waals surface area contributed by atoms with Crippen molar-refractivity contribution in [3.05, 3.63) is 52.2 Å². The highest BCUT2D eigenvalue weighted by Crippen LogP contribution is 2.12. The first-order valence-electron chi connectivity index (χ1n) is 7.58. The molecule has 0 unspecified atom stereocenters. The predicted octanol–water partition coefficient (Wildman–Crippen LogP) is -0.0908. The molecule has 2 aromatic rings. The second-order valence-electron chi connectivity index (χ2n) is 5.16.